The average Bonchev–Trinajstić information content (AvgIpc) is 2.48. The lowest BCUT2D eigenvalue weighted by atomic mass is 9.90. The molecular formula is C16H25BrO2SSi. The predicted octanol–water partition coefficient (Wildman–Crippen LogP) is 4.03. The molecular weight excluding hydrogens is 364 g/mol. The second-order valence-electron chi connectivity index (χ2n) is 7.03. The Hall–Kier alpha value is -0.133. The Morgan fingerprint density at radius 1 is 1.14 bits per heavy atom. The van der Waals surface area contributed by atoms with E-state index in [0.29, 0.717) is 4.90 Å². The molecule has 1 aliphatic rings. The van der Waals surface area contributed by atoms with Gasteiger partial charge in [0.15, 0.2) is 9.84 Å². The first-order valence-electron chi connectivity index (χ1n) is 7.65. The van der Waals surface area contributed by atoms with Crippen molar-refractivity contribution in [1.82, 2.24) is 0 Å². The van der Waals surface area contributed by atoms with Crippen LogP contribution in [0.3, 0.4) is 0 Å². The summed E-state index contributed by atoms with van der Waals surface area (Å²) in [4.78, 5) is 1.47. The second-order valence-corrected chi connectivity index (χ2v) is 15.7. The summed E-state index contributed by atoms with van der Waals surface area (Å²) in [6.45, 7) is 6.39. The number of benzene rings is 1. The molecule has 5 heteroatoms. The molecule has 1 fully saturated rings. The number of rotatable bonds is 4. The van der Waals surface area contributed by atoms with Gasteiger partial charge in [0.05, 0.1) is 17.7 Å². The van der Waals surface area contributed by atoms with E-state index < -0.39 is 22.7 Å². The number of hydrogen-bond acceptors (Lipinski definition) is 2. The van der Waals surface area contributed by atoms with Gasteiger partial charge < -0.3 is 0 Å². The summed E-state index contributed by atoms with van der Waals surface area (Å²) in [6.07, 6.45) is 4.79. The molecule has 0 amide bonds. The highest BCUT2D eigenvalue weighted by molar-refractivity contribution is 9.09. The Morgan fingerprint density at radius 2 is 1.71 bits per heavy atom. The molecule has 1 aromatic rings. The van der Waals surface area contributed by atoms with Crippen molar-refractivity contribution in [2.24, 2.45) is 0 Å². The van der Waals surface area contributed by atoms with Crippen LogP contribution in [0.5, 0.6) is 0 Å². The van der Waals surface area contributed by atoms with Crippen molar-refractivity contribution in [2.45, 2.75) is 61.8 Å². The third kappa shape index (κ3) is 3.15. The molecule has 118 valence electrons. The van der Waals surface area contributed by atoms with Crippen LogP contribution in [0.2, 0.25) is 13.1 Å². The first-order chi connectivity index (χ1) is 9.74. The third-order valence-corrected chi connectivity index (χ3v) is 14.4. The minimum Gasteiger partial charge on any atom is -0.223 e. The molecule has 21 heavy (non-hydrogen) atoms. The Morgan fingerprint density at radius 3 is 2.29 bits per heavy atom. The van der Waals surface area contributed by atoms with E-state index in [1.54, 1.807) is 0 Å². The van der Waals surface area contributed by atoms with Crippen LogP contribution in [-0.4, -0.2) is 26.2 Å². The van der Waals surface area contributed by atoms with E-state index in [2.05, 4.69) is 29.0 Å². The fraction of sp³-hybridized carbons (Fsp3) is 0.625. The van der Waals surface area contributed by atoms with Gasteiger partial charge in [-0.1, -0.05) is 66.5 Å². The van der Waals surface area contributed by atoms with E-state index in [-0.39, 0.29) is 0 Å². The third-order valence-electron chi connectivity index (χ3n) is 4.80. The fourth-order valence-corrected chi connectivity index (χ4v) is 8.72. The molecule has 0 atom stereocenters. The summed E-state index contributed by atoms with van der Waals surface area (Å²) in [5.41, 5.74) is 0. The van der Waals surface area contributed by atoms with Crippen LogP contribution in [0.25, 0.3) is 0 Å². The number of hydrogen-bond donors (Lipinski definition) is 0. The van der Waals surface area contributed by atoms with Gasteiger partial charge in [-0.05, 0) is 31.0 Å². The highest BCUT2D eigenvalue weighted by atomic mass is 79.9. The summed E-state index contributed by atoms with van der Waals surface area (Å²) >= 11 is 3.58. The molecule has 1 aromatic carbocycles. The Balaban J connectivity index is 2.56. The van der Waals surface area contributed by atoms with E-state index in [1.807, 2.05) is 31.2 Å². The number of halogens is 1. The van der Waals surface area contributed by atoms with E-state index in [1.165, 1.54) is 0 Å². The van der Waals surface area contributed by atoms with Crippen molar-refractivity contribution >= 4 is 39.0 Å². The Kier molecular flexibility index (Phi) is 5.06. The zero-order chi connectivity index (χ0) is 15.7. The summed E-state index contributed by atoms with van der Waals surface area (Å²) in [5, 5.41) is 1.06. The number of alkyl halides is 1. The molecule has 0 aliphatic heterocycles. The summed E-state index contributed by atoms with van der Waals surface area (Å²) in [5.74, 6) is 0. The molecule has 0 spiro atoms. The normalized spacial score (nSPS) is 19.4. The van der Waals surface area contributed by atoms with Crippen molar-refractivity contribution in [2.75, 3.05) is 4.95 Å². The van der Waals surface area contributed by atoms with Gasteiger partial charge in [0.25, 0.3) is 0 Å². The lowest BCUT2D eigenvalue weighted by Crippen LogP contribution is -2.49. The van der Waals surface area contributed by atoms with Crippen LogP contribution in [0, 0.1) is 0 Å². The largest absolute Gasteiger partial charge is 0.223 e. The van der Waals surface area contributed by atoms with Gasteiger partial charge in [0, 0.05) is 4.95 Å². The standard InChI is InChI=1S/C16H25BrO2SSi/c1-16(11-7-4-8-12-16)20(18,19)14-9-5-6-10-15(14)21(2,3)13-17/h5-6,9-10H,4,7-8,11-13H2,1-3H3. The van der Waals surface area contributed by atoms with Crippen molar-refractivity contribution in [3.8, 4) is 0 Å². The molecule has 0 radical (unpaired) electrons. The molecule has 0 saturated heterocycles. The Labute approximate surface area is 138 Å². The van der Waals surface area contributed by atoms with Gasteiger partial charge in [-0.2, -0.15) is 0 Å². The van der Waals surface area contributed by atoms with Crippen LogP contribution < -0.4 is 5.19 Å². The van der Waals surface area contributed by atoms with Crippen LogP contribution in [0.1, 0.15) is 39.0 Å². The molecule has 1 aliphatic carbocycles. The smallest absolute Gasteiger partial charge is 0.183 e. The molecule has 0 aromatic heterocycles. The van der Waals surface area contributed by atoms with Crippen molar-refractivity contribution in [3.63, 3.8) is 0 Å². The van der Waals surface area contributed by atoms with Gasteiger partial charge in [-0.3, -0.25) is 0 Å². The SMILES string of the molecule is CC1(S(=O)(=O)c2ccccc2[Si](C)(C)CBr)CCCCC1. The average molecular weight is 389 g/mol. The first-order valence-corrected chi connectivity index (χ1v) is 13.5. The van der Waals surface area contributed by atoms with E-state index in [0.717, 1.165) is 42.2 Å². The topological polar surface area (TPSA) is 34.1 Å². The molecule has 0 N–H and O–H groups in total. The zero-order valence-electron chi connectivity index (χ0n) is 13.2. The van der Waals surface area contributed by atoms with Crippen molar-refractivity contribution in [3.05, 3.63) is 24.3 Å². The second kappa shape index (κ2) is 6.17. The molecule has 0 unspecified atom stereocenters. The van der Waals surface area contributed by atoms with E-state index in [4.69, 9.17) is 0 Å². The minimum absolute atomic E-state index is 0.585. The van der Waals surface area contributed by atoms with E-state index >= 15 is 0 Å². The highest BCUT2D eigenvalue weighted by Crippen LogP contribution is 2.38. The Bertz CT molecular complexity index is 604. The fourth-order valence-electron chi connectivity index (χ4n) is 3.17. The monoisotopic (exact) mass is 388 g/mol. The van der Waals surface area contributed by atoms with Crippen LogP contribution >= 0.6 is 15.9 Å². The lowest BCUT2D eigenvalue weighted by Gasteiger charge is -2.35. The van der Waals surface area contributed by atoms with Crippen molar-refractivity contribution < 1.29 is 8.42 Å². The number of sulfone groups is 1. The lowest BCUT2D eigenvalue weighted by molar-refractivity contribution is 0.395. The predicted molar refractivity (Wildman–Crippen MR) is 96.0 cm³/mol. The maximum absolute atomic E-state index is 13.3. The van der Waals surface area contributed by atoms with Gasteiger partial charge in [0.2, 0.25) is 0 Å². The first kappa shape index (κ1) is 17.2. The van der Waals surface area contributed by atoms with Gasteiger partial charge in [-0.15, -0.1) is 0 Å². The quantitative estimate of drug-likeness (QED) is 0.576. The summed E-state index contributed by atoms with van der Waals surface area (Å²) in [7, 11) is -5.04. The van der Waals surface area contributed by atoms with Gasteiger partial charge in [-0.25, -0.2) is 8.42 Å². The molecule has 2 nitrogen and oxygen atoms in total. The molecule has 0 heterocycles. The highest BCUT2D eigenvalue weighted by Gasteiger charge is 2.43. The summed E-state index contributed by atoms with van der Waals surface area (Å²) < 4.78 is 26.0. The van der Waals surface area contributed by atoms with Crippen LogP contribution in [0.15, 0.2) is 29.2 Å². The van der Waals surface area contributed by atoms with E-state index in [9.17, 15) is 8.42 Å². The summed E-state index contributed by atoms with van der Waals surface area (Å²) in [6, 6.07) is 7.67. The minimum atomic E-state index is -3.27. The van der Waals surface area contributed by atoms with Gasteiger partial charge in [0.1, 0.15) is 0 Å². The van der Waals surface area contributed by atoms with Crippen LogP contribution in [0.4, 0.5) is 0 Å². The van der Waals surface area contributed by atoms with Crippen molar-refractivity contribution in [1.29, 1.82) is 0 Å². The molecule has 2 rings (SSSR count). The molecule has 0 bridgehead atoms. The molecule has 1 saturated carbocycles. The van der Waals surface area contributed by atoms with Gasteiger partial charge >= 0.3 is 0 Å². The maximum atomic E-state index is 13.3. The zero-order valence-corrected chi connectivity index (χ0v) is 16.6. The maximum Gasteiger partial charge on any atom is 0.183 e. The van der Waals surface area contributed by atoms with Crippen LogP contribution in [-0.2, 0) is 9.84 Å².